The van der Waals surface area contributed by atoms with Crippen LogP contribution in [0.15, 0.2) is 69.4 Å². The van der Waals surface area contributed by atoms with Crippen LogP contribution in [-0.2, 0) is 30.4 Å². The number of ether oxygens (including phenoxy) is 1. The summed E-state index contributed by atoms with van der Waals surface area (Å²) in [5.41, 5.74) is 11.4. The summed E-state index contributed by atoms with van der Waals surface area (Å²) < 4.78 is 117. The second-order valence-corrected chi connectivity index (χ2v) is 15.5. The molecule has 0 bridgehead atoms. The van der Waals surface area contributed by atoms with Gasteiger partial charge in [0, 0.05) is 5.69 Å². The minimum atomic E-state index is -5.35. The van der Waals surface area contributed by atoms with Gasteiger partial charge >= 0.3 is 10.1 Å². The maximum atomic E-state index is 12.9. The lowest BCUT2D eigenvalue weighted by atomic mass is 10.1. The Bertz CT molecular complexity index is 2570. The van der Waals surface area contributed by atoms with Crippen molar-refractivity contribution in [2.24, 2.45) is 4.99 Å². The van der Waals surface area contributed by atoms with Gasteiger partial charge in [-0.25, -0.2) is 9.98 Å². The molecule has 0 atom stereocenters. The number of benzene rings is 4. The van der Waals surface area contributed by atoms with Gasteiger partial charge in [0.2, 0.25) is 0 Å². The first-order valence-corrected chi connectivity index (χ1v) is 18.2. The quantitative estimate of drug-likeness (QED) is 0.0795. The fraction of sp³-hybridized carbons (Fsp3) is 0.0400. The number of nitrogens with one attached hydrogen (secondary N) is 1. The fourth-order valence-electron chi connectivity index (χ4n) is 4.72. The molecule has 2 heterocycles. The minimum absolute atomic E-state index is 0.0147. The van der Waals surface area contributed by atoms with Crippen molar-refractivity contribution < 1.29 is 48.1 Å². The van der Waals surface area contributed by atoms with Crippen LogP contribution in [0.3, 0.4) is 0 Å². The molecule has 3 aromatic carbocycles. The molecule has 16 nitrogen and oxygen atoms in total. The number of halogens is 2. The summed E-state index contributed by atoms with van der Waals surface area (Å²) in [6, 6.07) is 7.76. The molecule has 0 amide bonds. The number of nitrogen functional groups attached to an aromatic ring is 2. The van der Waals surface area contributed by atoms with E-state index in [1.165, 1.54) is 30.3 Å². The first-order valence-electron chi connectivity index (χ1n) is 12.3. The highest BCUT2D eigenvalue weighted by atomic mass is 79.9. The second-order valence-electron chi connectivity index (χ2n) is 9.79. The maximum Gasteiger partial charge on any atom is 0.300 e. The lowest BCUT2D eigenvalue weighted by Crippen LogP contribution is -2.24. The summed E-state index contributed by atoms with van der Waals surface area (Å²) in [6.45, 7) is 1.58. The molecular weight excluding hydrogens is 802 g/mol. The van der Waals surface area contributed by atoms with Crippen molar-refractivity contribution >= 4 is 102 Å². The molecule has 0 spiro atoms. The molecule has 46 heavy (non-hydrogen) atoms. The molecule has 6 rings (SSSR count). The molecule has 0 radical (unpaired) electrons. The van der Waals surface area contributed by atoms with Gasteiger partial charge in [0.05, 0.1) is 26.0 Å². The van der Waals surface area contributed by atoms with Crippen molar-refractivity contribution in [3.05, 3.63) is 56.3 Å². The zero-order valence-corrected chi connectivity index (χ0v) is 28.2. The Morgan fingerprint density at radius 3 is 2.17 bits per heavy atom. The Labute approximate surface area is 276 Å². The molecule has 0 fully saturated rings. The first kappa shape index (κ1) is 32.1. The average Bonchev–Trinajstić information content (AvgIpc) is 2.94. The molecule has 2 aliphatic heterocycles. The molecule has 0 saturated carbocycles. The highest BCUT2D eigenvalue weighted by Crippen LogP contribution is 2.55. The van der Waals surface area contributed by atoms with Crippen molar-refractivity contribution in [2.75, 3.05) is 16.8 Å². The molecule has 240 valence electrons. The third-order valence-electron chi connectivity index (χ3n) is 6.73. The molecule has 3 aromatic rings. The van der Waals surface area contributed by atoms with Gasteiger partial charge in [0.25, 0.3) is 20.2 Å². The average molecular weight is 819 g/mol. The predicted octanol–water partition coefficient (Wildman–Crippen LogP) is 4.75. The van der Waals surface area contributed by atoms with E-state index in [4.69, 9.17) is 20.6 Å². The largest absolute Gasteiger partial charge is 0.450 e. The van der Waals surface area contributed by atoms with E-state index < -0.39 is 61.9 Å². The summed E-state index contributed by atoms with van der Waals surface area (Å²) in [4.78, 5) is 5.61. The Morgan fingerprint density at radius 1 is 0.870 bits per heavy atom. The van der Waals surface area contributed by atoms with Crippen LogP contribution in [0.25, 0.3) is 22.6 Å². The van der Waals surface area contributed by atoms with Gasteiger partial charge in [0.15, 0.2) is 32.6 Å². The second kappa shape index (κ2) is 10.6. The van der Waals surface area contributed by atoms with Gasteiger partial charge in [-0.15, -0.1) is 0 Å². The van der Waals surface area contributed by atoms with Crippen molar-refractivity contribution in [1.82, 2.24) is 4.98 Å². The number of anilines is 4. The van der Waals surface area contributed by atoms with E-state index in [9.17, 15) is 38.9 Å². The molecule has 0 unspecified atom stereocenters. The third-order valence-corrected chi connectivity index (χ3v) is 10.9. The number of hydrogen-bond acceptors (Lipinski definition) is 13. The number of hydrogen-bond donors (Lipinski definition) is 6. The molecule has 0 saturated heterocycles. The lowest BCUT2D eigenvalue weighted by molar-refractivity contribution is 0.447. The number of aromatic nitrogens is 1. The number of nitrogens with zero attached hydrogens (tertiary/aromatic N) is 2. The van der Waals surface area contributed by atoms with Crippen LogP contribution in [0, 0.1) is 6.92 Å². The smallest absolute Gasteiger partial charge is 0.300 e. The molecule has 21 heteroatoms. The molecule has 3 aliphatic rings. The summed E-state index contributed by atoms with van der Waals surface area (Å²) in [6.07, 6.45) is 0. The molecule has 0 aromatic heterocycles. The standard InChI is InChI=1S/C25H17Br2N5O11S3/c1-8-2-3-9(28)6-12(8)31-17-14(44(33,34)35)7-13-21(25(17)46(39,40)41)43-23-15(26)18-22(16(27)19(23)32-13)42-20-11(30-18)5-4-10(29)24(20)45(36,37)38/h2-7,30H,28-29H2,1H3,(H,33,34,35)(H,36,37,38)(H,39,40,41). The summed E-state index contributed by atoms with van der Waals surface area (Å²) in [5.74, 6) is -1.10. The van der Waals surface area contributed by atoms with Crippen LogP contribution < -0.4 is 26.9 Å². The van der Waals surface area contributed by atoms with Crippen LogP contribution in [0.1, 0.15) is 5.56 Å². The van der Waals surface area contributed by atoms with Crippen molar-refractivity contribution in [1.29, 1.82) is 0 Å². The van der Waals surface area contributed by atoms with E-state index in [-0.39, 0.29) is 60.0 Å². The summed E-state index contributed by atoms with van der Waals surface area (Å²) >= 11 is 6.65. The Morgan fingerprint density at radius 2 is 1.54 bits per heavy atom. The monoisotopic (exact) mass is 817 g/mol. The topological polar surface area (TPSA) is 275 Å². The van der Waals surface area contributed by atoms with Crippen LogP contribution >= 0.6 is 31.9 Å². The Kier molecular flexibility index (Phi) is 7.40. The van der Waals surface area contributed by atoms with E-state index in [1.54, 1.807) is 6.92 Å². The number of fused-ring (bicyclic) bond motifs is 4. The Balaban J connectivity index is 1.74. The van der Waals surface area contributed by atoms with Crippen LogP contribution in [0.2, 0.25) is 0 Å². The minimum Gasteiger partial charge on any atom is -0.450 e. The van der Waals surface area contributed by atoms with Gasteiger partial charge in [-0.1, -0.05) is 6.07 Å². The Hall–Kier alpha value is -3.83. The summed E-state index contributed by atoms with van der Waals surface area (Å²) in [7, 11) is -15.4. The molecule has 1 aliphatic carbocycles. The third kappa shape index (κ3) is 5.27. The van der Waals surface area contributed by atoms with E-state index >= 15 is 0 Å². The zero-order chi connectivity index (χ0) is 33.7. The van der Waals surface area contributed by atoms with E-state index in [0.29, 0.717) is 5.56 Å². The van der Waals surface area contributed by atoms with Gasteiger partial charge in [-0.2, -0.15) is 25.3 Å². The molecular formula is C25H17Br2N5O11S3. The van der Waals surface area contributed by atoms with E-state index in [2.05, 4.69) is 47.2 Å². The van der Waals surface area contributed by atoms with Crippen molar-refractivity contribution in [3.63, 3.8) is 0 Å². The van der Waals surface area contributed by atoms with Gasteiger partial charge in [-0.3, -0.25) is 13.7 Å². The van der Waals surface area contributed by atoms with Gasteiger partial charge in [0.1, 0.15) is 27.2 Å². The van der Waals surface area contributed by atoms with Crippen molar-refractivity contribution in [2.45, 2.75) is 21.6 Å². The number of nitrogens with two attached hydrogens (primary N) is 2. The van der Waals surface area contributed by atoms with E-state index in [0.717, 1.165) is 6.07 Å². The number of aryl methyl sites for hydroxylation is 1. The molecule has 8 N–H and O–H groups in total. The van der Waals surface area contributed by atoms with Gasteiger partial charge in [-0.05, 0) is 74.7 Å². The van der Waals surface area contributed by atoms with E-state index in [1.807, 2.05) is 0 Å². The highest BCUT2D eigenvalue weighted by Gasteiger charge is 2.35. The maximum absolute atomic E-state index is 12.9. The SMILES string of the molecule is Cc1ccc(N)cc1N=c1c(S(=O)(=O)O)cc2nc3c(Br)c4c(c(Br)c3oc-2c1S(=O)(=O)O)Nc1ccc(N)c(S(=O)(=O)O)c1O4. The van der Waals surface area contributed by atoms with Crippen LogP contribution in [-0.4, -0.2) is 43.9 Å². The lowest BCUT2D eigenvalue weighted by Gasteiger charge is -2.26. The van der Waals surface area contributed by atoms with Crippen LogP contribution in [0.4, 0.5) is 28.4 Å². The number of rotatable bonds is 4. The summed E-state index contributed by atoms with van der Waals surface area (Å²) in [5, 5.41) is 2.05. The first-order chi connectivity index (χ1) is 21.3. The van der Waals surface area contributed by atoms with Gasteiger partial charge < -0.3 is 25.9 Å². The predicted molar refractivity (Wildman–Crippen MR) is 171 cm³/mol. The fourth-order valence-corrected chi connectivity index (χ4v) is 8.07. The highest BCUT2D eigenvalue weighted by molar-refractivity contribution is 9.11. The van der Waals surface area contributed by atoms with Crippen LogP contribution in [0.5, 0.6) is 11.5 Å². The normalized spacial score (nSPS) is 13.7. The van der Waals surface area contributed by atoms with Crippen molar-refractivity contribution in [3.8, 4) is 23.0 Å². The zero-order valence-electron chi connectivity index (χ0n) is 22.6.